The van der Waals surface area contributed by atoms with Gasteiger partial charge in [0, 0.05) is 18.8 Å². The second kappa shape index (κ2) is 7.08. The number of carbonyl (C=O) groups is 3. The third-order valence-electron chi connectivity index (χ3n) is 3.20. The van der Waals surface area contributed by atoms with Gasteiger partial charge in [-0.1, -0.05) is 18.2 Å². The first-order valence-electron chi connectivity index (χ1n) is 6.60. The lowest BCUT2D eigenvalue weighted by atomic mass is 10.1. The Balaban J connectivity index is 2.02. The topological polar surface area (TPSA) is 78.5 Å². The summed E-state index contributed by atoms with van der Waals surface area (Å²) in [6.45, 7) is 0.735. The maximum atomic E-state index is 12.0. The Kier molecular flexibility index (Phi) is 5.16. The van der Waals surface area contributed by atoms with Crippen LogP contribution in [0.5, 0.6) is 0 Å². The number of nitrogens with zero attached hydrogens (tertiary/aromatic N) is 1. The second-order valence-corrected chi connectivity index (χ2v) is 4.91. The van der Waals surface area contributed by atoms with E-state index in [2.05, 4.69) is 10.6 Å². The highest BCUT2D eigenvalue weighted by atomic mass is 35.5. The Hall–Kier alpha value is -2.08. The number of nitrogens with one attached hydrogen (secondary N) is 2. The van der Waals surface area contributed by atoms with E-state index in [1.54, 1.807) is 24.3 Å². The number of para-hydroxylation sites is 1. The molecule has 0 saturated carbocycles. The van der Waals surface area contributed by atoms with Crippen LogP contribution in [0.15, 0.2) is 30.3 Å². The Morgan fingerprint density at radius 3 is 2.71 bits per heavy atom. The van der Waals surface area contributed by atoms with Crippen LogP contribution < -0.4 is 10.6 Å². The highest BCUT2D eigenvalue weighted by molar-refractivity contribution is 6.27. The minimum absolute atomic E-state index is 0.0939. The fourth-order valence-electron chi connectivity index (χ4n) is 2.20. The van der Waals surface area contributed by atoms with Gasteiger partial charge in [-0.2, -0.15) is 0 Å². The molecule has 7 heteroatoms. The summed E-state index contributed by atoms with van der Waals surface area (Å²) >= 11 is 5.54. The van der Waals surface area contributed by atoms with E-state index in [9.17, 15) is 14.4 Å². The van der Waals surface area contributed by atoms with Gasteiger partial charge in [-0.25, -0.2) is 0 Å². The Morgan fingerprint density at radius 2 is 2.05 bits per heavy atom. The van der Waals surface area contributed by atoms with Gasteiger partial charge in [0.25, 0.3) is 0 Å². The molecule has 0 aromatic heterocycles. The van der Waals surface area contributed by atoms with Crippen LogP contribution in [0, 0.1) is 0 Å². The summed E-state index contributed by atoms with van der Waals surface area (Å²) in [7, 11) is 0. The standard InChI is InChI=1S/C14H16ClN3O3/c15-9-13(20)18-7-6-16-14(21)11(18)8-12(19)17-10-4-2-1-3-5-10/h1-5,11H,6-9H2,(H,16,21)(H,17,19). The SMILES string of the molecule is O=C(CC1C(=O)NCCN1C(=O)CCl)Nc1ccccc1. The van der Waals surface area contributed by atoms with E-state index in [1.165, 1.54) is 4.90 Å². The van der Waals surface area contributed by atoms with Crippen LogP contribution in [0.3, 0.4) is 0 Å². The van der Waals surface area contributed by atoms with Crippen molar-refractivity contribution in [3.05, 3.63) is 30.3 Å². The van der Waals surface area contributed by atoms with Crippen LogP contribution in [0.1, 0.15) is 6.42 Å². The van der Waals surface area contributed by atoms with Crippen molar-refractivity contribution < 1.29 is 14.4 Å². The molecule has 2 rings (SSSR count). The van der Waals surface area contributed by atoms with Gasteiger partial charge in [0.2, 0.25) is 17.7 Å². The highest BCUT2D eigenvalue weighted by Gasteiger charge is 2.34. The third-order valence-corrected chi connectivity index (χ3v) is 3.43. The molecule has 1 saturated heterocycles. The maximum absolute atomic E-state index is 12.0. The number of hydrogen-bond donors (Lipinski definition) is 2. The third kappa shape index (κ3) is 3.95. The van der Waals surface area contributed by atoms with Crippen molar-refractivity contribution in [1.82, 2.24) is 10.2 Å². The van der Waals surface area contributed by atoms with Crippen molar-refractivity contribution in [3.63, 3.8) is 0 Å². The fraction of sp³-hybridized carbons (Fsp3) is 0.357. The summed E-state index contributed by atoms with van der Waals surface area (Å²) in [5.41, 5.74) is 0.647. The molecule has 1 aromatic rings. The van der Waals surface area contributed by atoms with Gasteiger partial charge < -0.3 is 15.5 Å². The second-order valence-electron chi connectivity index (χ2n) is 4.65. The summed E-state index contributed by atoms with van der Waals surface area (Å²) < 4.78 is 0. The number of amides is 3. The normalized spacial score (nSPS) is 18.0. The number of anilines is 1. The first kappa shape index (κ1) is 15.3. The lowest BCUT2D eigenvalue weighted by Gasteiger charge is -2.34. The van der Waals surface area contributed by atoms with Gasteiger partial charge in [-0.15, -0.1) is 11.6 Å². The first-order valence-corrected chi connectivity index (χ1v) is 7.13. The molecule has 0 aliphatic carbocycles. The Bertz CT molecular complexity index is 536. The molecule has 1 aliphatic rings. The predicted molar refractivity (Wildman–Crippen MR) is 78.9 cm³/mol. The average Bonchev–Trinajstić information content (AvgIpc) is 2.49. The van der Waals surface area contributed by atoms with Crippen molar-refractivity contribution in [3.8, 4) is 0 Å². The molecule has 1 unspecified atom stereocenters. The summed E-state index contributed by atoms with van der Waals surface area (Å²) in [6.07, 6.45) is -0.0939. The van der Waals surface area contributed by atoms with Crippen molar-refractivity contribution in [2.45, 2.75) is 12.5 Å². The molecule has 112 valence electrons. The summed E-state index contributed by atoms with van der Waals surface area (Å²) in [6, 6.07) is 8.12. The Morgan fingerprint density at radius 1 is 1.33 bits per heavy atom. The zero-order chi connectivity index (χ0) is 15.2. The van der Waals surface area contributed by atoms with Crippen LogP contribution in [0.2, 0.25) is 0 Å². The van der Waals surface area contributed by atoms with Gasteiger partial charge >= 0.3 is 0 Å². The van der Waals surface area contributed by atoms with Crippen LogP contribution >= 0.6 is 11.6 Å². The molecule has 1 fully saturated rings. The van der Waals surface area contributed by atoms with Crippen molar-refractivity contribution >= 4 is 35.0 Å². The van der Waals surface area contributed by atoms with Crippen LogP contribution in [-0.2, 0) is 14.4 Å². The van der Waals surface area contributed by atoms with Gasteiger partial charge in [0.15, 0.2) is 0 Å². The van der Waals surface area contributed by atoms with Gasteiger partial charge in [0.05, 0.1) is 6.42 Å². The zero-order valence-corrected chi connectivity index (χ0v) is 12.1. The largest absolute Gasteiger partial charge is 0.353 e. The molecule has 1 aromatic carbocycles. The molecule has 0 bridgehead atoms. The van der Waals surface area contributed by atoms with Crippen molar-refractivity contribution in [2.24, 2.45) is 0 Å². The van der Waals surface area contributed by atoms with E-state index in [0.29, 0.717) is 18.8 Å². The molecule has 1 aliphatic heterocycles. The number of halogens is 1. The lowest BCUT2D eigenvalue weighted by Crippen LogP contribution is -2.58. The molecule has 0 spiro atoms. The van der Waals surface area contributed by atoms with Gasteiger partial charge in [0.1, 0.15) is 11.9 Å². The number of alkyl halides is 1. The lowest BCUT2D eigenvalue weighted by molar-refractivity contribution is -0.143. The summed E-state index contributed by atoms with van der Waals surface area (Å²) in [4.78, 5) is 37.0. The molecular formula is C14H16ClN3O3. The number of rotatable bonds is 4. The minimum Gasteiger partial charge on any atom is -0.353 e. The number of benzene rings is 1. The average molecular weight is 310 g/mol. The van der Waals surface area contributed by atoms with E-state index in [4.69, 9.17) is 11.6 Å². The van der Waals surface area contributed by atoms with Crippen LogP contribution in [0.25, 0.3) is 0 Å². The molecule has 0 radical (unpaired) electrons. The van der Waals surface area contributed by atoms with Crippen LogP contribution in [-0.4, -0.2) is 47.6 Å². The van der Waals surface area contributed by atoms with Crippen LogP contribution in [0.4, 0.5) is 5.69 Å². The molecule has 21 heavy (non-hydrogen) atoms. The van der Waals surface area contributed by atoms with Crippen molar-refractivity contribution in [1.29, 1.82) is 0 Å². The van der Waals surface area contributed by atoms with Crippen molar-refractivity contribution in [2.75, 3.05) is 24.3 Å². The molecule has 2 N–H and O–H groups in total. The first-order chi connectivity index (χ1) is 10.1. The molecule has 3 amide bonds. The van der Waals surface area contributed by atoms with Gasteiger partial charge in [-0.3, -0.25) is 14.4 Å². The van der Waals surface area contributed by atoms with E-state index in [1.807, 2.05) is 6.07 Å². The quantitative estimate of drug-likeness (QED) is 0.799. The zero-order valence-electron chi connectivity index (χ0n) is 11.3. The summed E-state index contributed by atoms with van der Waals surface area (Å²) in [5.74, 6) is -1.20. The Labute approximate surface area is 127 Å². The van der Waals surface area contributed by atoms with E-state index >= 15 is 0 Å². The van der Waals surface area contributed by atoms with E-state index in [-0.39, 0.29) is 30.0 Å². The molecule has 6 nitrogen and oxygen atoms in total. The van der Waals surface area contributed by atoms with E-state index in [0.717, 1.165) is 0 Å². The monoisotopic (exact) mass is 309 g/mol. The van der Waals surface area contributed by atoms with E-state index < -0.39 is 6.04 Å². The molecular weight excluding hydrogens is 294 g/mol. The number of carbonyl (C=O) groups excluding carboxylic acids is 3. The molecule has 1 heterocycles. The number of piperazine rings is 1. The fourth-order valence-corrected chi connectivity index (χ4v) is 2.36. The maximum Gasteiger partial charge on any atom is 0.243 e. The molecule has 1 atom stereocenters. The predicted octanol–water partition coefficient (Wildman–Crippen LogP) is 0.581. The van der Waals surface area contributed by atoms with Gasteiger partial charge in [-0.05, 0) is 12.1 Å². The highest BCUT2D eigenvalue weighted by Crippen LogP contribution is 2.12. The minimum atomic E-state index is -0.811. The number of hydrogen-bond acceptors (Lipinski definition) is 3. The summed E-state index contributed by atoms with van der Waals surface area (Å²) in [5, 5.41) is 5.35. The smallest absolute Gasteiger partial charge is 0.243 e.